The Kier molecular flexibility index (Phi) is 3.67. The molecule has 0 atom stereocenters. The fraction of sp³-hybridized carbons (Fsp3) is 0.417. The summed E-state index contributed by atoms with van der Waals surface area (Å²) in [6, 6.07) is 8.45. The maximum Gasteiger partial charge on any atom is 0.191 e. The van der Waals surface area contributed by atoms with Gasteiger partial charge in [0.05, 0.1) is 0 Å². The Balaban J connectivity index is 1.82. The van der Waals surface area contributed by atoms with Crippen molar-refractivity contribution in [1.29, 1.82) is 0 Å². The maximum atomic E-state index is 5.82. The lowest BCUT2D eigenvalue weighted by molar-refractivity contribution is 0.805. The van der Waals surface area contributed by atoms with E-state index < -0.39 is 0 Å². The standard InChI is InChI=1S/C12H16ClN3/c1-14-12(16-11-6-7-11)15-8-9-2-4-10(13)5-3-9/h2-5,11H,6-8H2,1H3,(H2,14,15,16). The molecular formula is C12H16ClN3. The van der Waals surface area contributed by atoms with Gasteiger partial charge in [-0.3, -0.25) is 4.99 Å². The van der Waals surface area contributed by atoms with E-state index in [1.54, 1.807) is 7.05 Å². The molecule has 1 aliphatic rings. The van der Waals surface area contributed by atoms with Crippen LogP contribution in [0.25, 0.3) is 0 Å². The second kappa shape index (κ2) is 5.21. The number of nitrogens with one attached hydrogen (secondary N) is 2. The monoisotopic (exact) mass is 237 g/mol. The molecule has 0 radical (unpaired) electrons. The number of rotatable bonds is 3. The molecule has 2 N–H and O–H groups in total. The fourth-order valence-electron chi connectivity index (χ4n) is 1.40. The predicted octanol–water partition coefficient (Wildman–Crippen LogP) is 2.17. The van der Waals surface area contributed by atoms with Crippen LogP contribution in [0.2, 0.25) is 5.02 Å². The quantitative estimate of drug-likeness (QED) is 0.625. The molecule has 86 valence electrons. The molecule has 0 aromatic heterocycles. The van der Waals surface area contributed by atoms with Gasteiger partial charge in [0.1, 0.15) is 0 Å². The van der Waals surface area contributed by atoms with Crippen LogP contribution in [0.4, 0.5) is 0 Å². The van der Waals surface area contributed by atoms with Crippen molar-refractivity contribution in [2.24, 2.45) is 4.99 Å². The van der Waals surface area contributed by atoms with Crippen LogP contribution in [0.5, 0.6) is 0 Å². The number of aliphatic imine (C=N–C) groups is 1. The van der Waals surface area contributed by atoms with Crippen molar-refractivity contribution in [2.75, 3.05) is 7.05 Å². The molecule has 0 spiro atoms. The van der Waals surface area contributed by atoms with E-state index in [1.807, 2.05) is 24.3 Å². The summed E-state index contributed by atoms with van der Waals surface area (Å²) >= 11 is 5.82. The van der Waals surface area contributed by atoms with E-state index in [9.17, 15) is 0 Å². The summed E-state index contributed by atoms with van der Waals surface area (Å²) < 4.78 is 0. The lowest BCUT2D eigenvalue weighted by Gasteiger charge is -2.10. The second-order valence-corrected chi connectivity index (χ2v) is 4.41. The Morgan fingerprint density at radius 1 is 1.38 bits per heavy atom. The van der Waals surface area contributed by atoms with Gasteiger partial charge in [-0.2, -0.15) is 0 Å². The highest BCUT2D eigenvalue weighted by Gasteiger charge is 2.21. The number of hydrogen-bond acceptors (Lipinski definition) is 1. The van der Waals surface area contributed by atoms with E-state index in [1.165, 1.54) is 18.4 Å². The average molecular weight is 238 g/mol. The van der Waals surface area contributed by atoms with Crippen LogP contribution < -0.4 is 10.6 Å². The number of hydrogen-bond donors (Lipinski definition) is 2. The van der Waals surface area contributed by atoms with Crippen molar-refractivity contribution in [3.8, 4) is 0 Å². The smallest absolute Gasteiger partial charge is 0.191 e. The van der Waals surface area contributed by atoms with Crippen molar-refractivity contribution >= 4 is 17.6 Å². The molecule has 0 amide bonds. The van der Waals surface area contributed by atoms with E-state index in [4.69, 9.17) is 11.6 Å². The van der Waals surface area contributed by atoms with Crippen LogP contribution in [-0.2, 0) is 6.54 Å². The van der Waals surface area contributed by atoms with E-state index in [0.717, 1.165) is 17.5 Å². The molecule has 1 aliphatic carbocycles. The predicted molar refractivity (Wildman–Crippen MR) is 67.8 cm³/mol. The van der Waals surface area contributed by atoms with Gasteiger partial charge in [0.2, 0.25) is 0 Å². The largest absolute Gasteiger partial charge is 0.354 e. The number of benzene rings is 1. The summed E-state index contributed by atoms with van der Waals surface area (Å²) in [4.78, 5) is 4.17. The molecule has 0 unspecified atom stereocenters. The molecule has 0 heterocycles. The fourth-order valence-corrected chi connectivity index (χ4v) is 1.53. The topological polar surface area (TPSA) is 36.4 Å². The highest BCUT2D eigenvalue weighted by atomic mass is 35.5. The van der Waals surface area contributed by atoms with E-state index in [2.05, 4.69) is 15.6 Å². The van der Waals surface area contributed by atoms with E-state index in [-0.39, 0.29) is 0 Å². The first-order valence-corrected chi connectivity index (χ1v) is 5.87. The molecule has 1 fully saturated rings. The third-order valence-electron chi connectivity index (χ3n) is 2.52. The van der Waals surface area contributed by atoms with Gasteiger partial charge < -0.3 is 10.6 Å². The molecule has 16 heavy (non-hydrogen) atoms. The lowest BCUT2D eigenvalue weighted by atomic mass is 10.2. The summed E-state index contributed by atoms with van der Waals surface area (Å²) in [7, 11) is 1.79. The van der Waals surface area contributed by atoms with Gasteiger partial charge in [0.15, 0.2) is 5.96 Å². The van der Waals surface area contributed by atoms with Gasteiger partial charge >= 0.3 is 0 Å². The second-order valence-electron chi connectivity index (χ2n) is 3.97. The highest BCUT2D eigenvalue weighted by Crippen LogP contribution is 2.18. The van der Waals surface area contributed by atoms with Gasteiger partial charge in [-0.25, -0.2) is 0 Å². The van der Waals surface area contributed by atoms with Gasteiger partial charge in [-0.05, 0) is 30.5 Å². The SMILES string of the molecule is CN=C(NCc1ccc(Cl)cc1)NC1CC1. The van der Waals surface area contributed by atoms with Gasteiger partial charge in [-0.1, -0.05) is 23.7 Å². The summed E-state index contributed by atoms with van der Waals surface area (Å²) in [5.74, 6) is 0.873. The molecule has 0 aliphatic heterocycles. The summed E-state index contributed by atoms with van der Waals surface area (Å²) in [6.07, 6.45) is 2.50. The molecule has 2 rings (SSSR count). The van der Waals surface area contributed by atoms with Gasteiger partial charge in [0.25, 0.3) is 0 Å². The molecule has 1 saturated carbocycles. The summed E-state index contributed by atoms with van der Waals surface area (Å²) in [5.41, 5.74) is 1.20. The summed E-state index contributed by atoms with van der Waals surface area (Å²) in [6.45, 7) is 0.767. The first kappa shape index (κ1) is 11.3. The molecule has 0 saturated heterocycles. The van der Waals surface area contributed by atoms with Crippen LogP contribution in [0, 0.1) is 0 Å². The molecule has 0 bridgehead atoms. The van der Waals surface area contributed by atoms with E-state index in [0.29, 0.717) is 6.04 Å². The maximum absolute atomic E-state index is 5.82. The number of nitrogens with zero attached hydrogens (tertiary/aromatic N) is 1. The zero-order valence-corrected chi connectivity index (χ0v) is 10.1. The minimum atomic E-state index is 0.622. The van der Waals surface area contributed by atoms with Crippen molar-refractivity contribution in [3.63, 3.8) is 0 Å². The van der Waals surface area contributed by atoms with Crippen molar-refractivity contribution in [2.45, 2.75) is 25.4 Å². The molecule has 4 heteroatoms. The van der Waals surface area contributed by atoms with E-state index >= 15 is 0 Å². The minimum absolute atomic E-state index is 0.622. The van der Waals surface area contributed by atoms with Gasteiger partial charge in [-0.15, -0.1) is 0 Å². The van der Waals surface area contributed by atoms with Crippen LogP contribution in [0.15, 0.2) is 29.3 Å². The molecular weight excluding hydrogens is 222 g/mol. The Labute approximate surface area is 101 Å². The zero-order valence-electron chi connectivity index (χ0n) is 9.33. The van der Waals surface area contributed by atoms with Crippen molar-refractivity contribution < 1.29 is 0 Å². The van der Waals surface area contributed by atoms with Crippen LogP contribution >= 0.6 is 11.6 Å². The minimum Gasteiger partial charge on any atom is -0.354 e. The van der Waals surface area contributed by atoms with Crippen LogP contribution in [0.3, 0.4) is 0 Å². The van der Waals surface area contributed by atoms with Crippen molar-refractivity contribution in [3.05, 3.63) is 34.9 Å². The Hall–Kier alpha value is -1.22. The van der Waals surface area contributed by atoms with Crippen LogP contribution in [-0.4, -0.2) is 19.0 Å². The average Bonchev–Trinajstić information content (AvgIpc) is 3.10. The molecule has 1 aromatic carbocycles. The lowest BCUT2D eigenvalue weighted by Crippen LogP contribution is -2.37. The third kappa shape index (κ3) is 3.42. The first-order chi connectivity index (χ1) is 7.78. The zero-order chi connectivity index (χ0) is 11.4. The summed E-state index contributed by atoms with van der Waals surface area (Å²) in [5, 5.41) is 7.38. The van der Waals surface area contributed by atoms with Crippen LogP contribution in [0.1, 0.15) is 18.4 Å². The number of guanidine groups is 1. The number of halogens is 1. The Morgan fingerprint density at radius 2 is 2.06 bits per heavy atom. The molecule has 1 aromatic rings. The first-order valence-electron chi connectivity index (χ1n) is 5.49. The highest BCUT2D eigenvalue weighted by molar-refractivity contribution is 6.30. The Morgan fingerprint density at radius 3 is 2.62 bits per heavy atom. The normalized spacial score (nSPS) is 16.0. The van der Waals surface area contributed by atoms with Crippen molar-refractivity contribution in [1.82, 2.24) is 10.6 Å². The Bertz CT molecular complexity index is 368. The third-order valence-corrected chi connectivity index (χ3v) is 2.77. The molecule has 3 nitrogen and oxygen atoms in total. The van der Waals surface area contributed by atoms with Gasteiger partial charge in [0, 0.05) is 24.7 Å².